The monoisotopic (exact) mass is 209 g/mol. The van der Waals surface area contributed by atoms with Crippen molar-refractivity contribution < 1.29 is 0 Å². The van der Waals surface area contributed by atoms with Gasteiger partial charge in [-0.1, -0.05) is 18.2 Å². The number of hydrogen-bond donors (Lipinski definition) is 1. The van der Waals surface area contributed by atoms with Gasteiger partial charge in [0.15, 0.2) is 5.82 Å². The summed E-state index contributed by atoms with van der Waals surface area (Å²) in [6, 6.07) is 12.6. The molecule has 2 aromatic rings. The first-order valence-electron chi connectivity index (χ1n) is 5.52. The van der Waals surface area contributed by atoms with Gasteiger partial charge in [-0.25, -0.2) is 4.98 Å². The Balaban J connectivity index is 1.93. The van der Waals surface area contributed by atoms with Crippen LogP contribution in [0.3, 0.4) is 0 Å². The molecular formula is C13H11N3. The summed E-state index contributed by atoms with van der Waals surface area (Å²) in [5.74, 6) is 1.05. The van der Waals surface area contributed by atoms with Crippen LogP contribution in [0.15, 0.2) is 42.6 Å². The molecule has 0 saturated heterocycles. The largest absolute Gasteiger partial charge is 0.362 e. The van der Waals surface area contributed by atoms with Gasteiger partial charge in [-0.3, -0.25) is 0 Å². The molecule has 1 atom stereocenters. The van der Waals surface area contributed by atoms with Gasteiger partial charge in [0.25, 0.3) is 0 Å². The standard InChI is InChI=1S/C13H11N3/c1-2-6-11-9(4-1)8-12-15-10-5-3-7-14-13(10)16(11)12/h1-7,12,15H,8H2. The number of nitrogens with one attached hydrogen (secondary N) is 1. The summed E-state index contributed by atoms with van der Waals surface area (Å²) in [7, 11) is 0. The molecule has 0 amide bonds. The number of rotatable bonds is 0. The van der Waals surface area contributed by atoms with Crippen LogP contribution >= 0.6 is 0 Å². The second-order valence-electron chi connectivity index (χ2n) is 4.24. The second-order valence-corrected chi connectivity index (χ2v) is 4.24. The van der Waals surface area contributed by atoms with Gasteiger partial charge in [0.05, 0.1) is 5.69 Å². The van der Waals surface area contributed by atoms with Crippen molar-refractivity contribution in [2.24, 2.45) is 0 Å². The average molecular weight is 209 g/mol. The van der Waals surface area contributed by atoms with Crippen molar-refractivity contribution in [2.45, 2.75) is 12.6 Å². The zero-order chi connectivity index (χ0) is 10.5. The van der Waals surface area contributed by atoms with E-state index in [4.69, 9.17) is 0 Å². The van der Waals surface area contributed by atoms with Gasteiger partial charge in [0.2, 0.25) is 0 Å². The fraction of sp³-hybridized carbons (Fsp3) is 0.154. The van der Waals surface area contributed by atoms with Crippen LogP contribution in [-0.2, 0) is 6.42 Å². The lowest BCUT2D eigenvalue weighted by atomic mass is 10.1. The normalized spacial score (nSPS) is 20.0. The van der Waals surface area contributed by atoms with Crippen molar-refractivity contribution in [3.05, 3.63) is 48.2 Å². The molecule has 3 heterocycles. The van der Waals surface area contributed by atoms with E-state index >= 15 is 0 Å². The third-order valence-corrected chi connectivity index (χ3v) is 3.31. The van der Waals surface area contributed by atoms with Gasteiger partial charge >= 0.3 is 0 Å². The number of pyridine rings is 1. The lowest BCUT2D eigenvalue weighted by Gasteiger charge is -2.17. The number of hydrogen-bond acceptors (Lipinski definition) is 3. The maximum Gasteiger partial charge on any atom is 0.158 e. The van der Waals surface area contributed by atoms with E-state index in [0.717, 1.165) is 17.9 Å². The van der Waals surface area contributed by atoms with E-state index in [1.54, 1.807) is 0 Å². The number of para-hydroxylation sites is 1. The topological polar surface area (TPSA) is 28.2 Å². The molecule has 0 spiro atoms. The Kier molecular flexibility index (Phi) is 1.41. The van der Waals surface area contributed by atoms with E-state index in [0.29, 0.717) is 6.17 Å². The molecule has 16 heavy (non-hydrogen) atoms. The highest BCUT2D eigenvalue weighted by molar-refractivity contribution is 5.83. The Bertz CT molecular complexity index is 515. The van der Waals surface area contributed by atoms with E-state index < -0.39 is 0 Å². The third kappa shape index (κ3) is 0.902. The zero-order valence-electron chi connectivity index (χ0n) is 8.72. The summed E-state index contributed by atoms with van der Waals surface area (Å²) in [6.45, 7) is 0. The number of benzene rings is 1. The summed E-state index contributed by atoms with van der Waals surface area (Å²) < 4.78 is 0. The molecule has 1 aromatic heterocycles. The van der Waals surface area contributed by atoms with E-state index in [9.17, 15) is 0 Å². The predicted molar refractivity (Wildman–Crippen MR) is 63.9 cm³/mol. The van der Waals surface area contributed by atoms with E-state index in [-0.39, 0.29) is 0 Å². The van der Waals surface area contributed by atoms with Gasteiger partial charge in [0, 0.05) is 18.3 Å². The minimum Gasteiger partial charge on any atom is -0.362 e. The fourth-order valence-electron chi connectivity index (χ4n) is 2.64. The molecule has 0 bridgehead atoms. The van der Waals surface area contributed by atoms with Crippen LogP contribution < -0.4 is 10.2 Å². The molecule has 1 unspecified atom stereocenters. The Morgan fingerprint density at radius 2 is 2.12 bits per heavy atom. The van der Waals surface area contributed by atoms with E-state index in [2.05, 4.69) is 45.5 Å². The smallest absolute Gasteiger partial charge is 0.158 e. The van der Waals surface area contributed by atoms with E-state index in [1.807, 2.05) is 12.3 Å². The lowest BCUT2D eigenvalue weighted by Crippen LogP contribution is -2.28. The van der Waals surface area contributed by atoms with E-state index in [1.165, 1.54) is 11.3 Å². The molecule has 2 aliphatic rings. The van der Waals surface area contributed by atoms with Crippen LogP contribution in [0.4, 0.5) is 17.2 Å². The minimum atomic E-state index is 0.349. The summed E-state index contributed by atoms with van der Waals surface area (Å²) in [4.78, 5) is 6.76. The molecule has 0 radical (unpaired) electrons. The molecule has 78 valence electrons. The molecule has 0 aliphatic carbocycles. The fourth-order valence-corrected chi connectivity index (χ4v) is 2.64. The Hall–Kier alpha value is -2.03. The SMILES string of the molecule is c1ccc2c(c1)CC1Nc3cccnc3N21. The van der Waals surface area contributed by atoms with Crippen LogP contribution in [0.1, 0.15) is 5.56 Å². The van der Waals surface area contributed by atoms with Gasteiger partial charge < -0.3 is 10.2 Å². The molecule has 1 N–H and O–H groups in total. The van der Waals surface area contributed by atoms with Gasteiger partial charge in [0.1, 0.15) is 6.17 Å². The number of nitrogens with zero attached hydrogens (tertiary/aromatic N) is 2. The summed E-state index contributed by atoms with van der Waals surface area (Å²) in [5.41, 5.74) is 3.83. The van der Waals surface area contributed by atoms with Crippen LogP contribution in [0, 0.1) is 0 Å². The molecule has 2 aliphatic heterocycles. The maximum atomic E-state index is 4.46. The molecule has 0 fully saturated rings. The summed E-state index contributed by atoms with van der Waals surface area (Å²) in [5, 5.41) is 3.51. The van der Waals surface area contributed by atoms with Gasteiger partial charge in [-0.2, -0.15) is 0 Å². The van der Waals surface area contributed by atoms with Crippen LogP contribution in [0.2, 0.25) is 0 Å². The Morgan fingerprint density at radius 3 is 3.12 bits per heavy atom. The summed E-state index contributed by atoms with van der Waals surface area (Å²) in [6.07, 6.45) is 3.25. The predicted octanol–water partition coefficient (Wildman–Crippen LogP) is 2.53. The van der Waals surface area contributed by atoms with Crippen molar-refractivity contribution in [1.29, 1.82) is 0 Å². The van der Waals surface area contributed by atoms with Crippen molar-refractivity contribution in [3.8, 4) is 0 Å². The van der Waals surface area contributed by atoms with Crippen LogP contribution in [0.25, 0.3) is 0 Å². The maximum absolute atomic E-state index is 4.46. The molecular weight excluding hydrogens is 198 g/mol. The van der Waals surface area contributed by atoms with Crippen molar-refractivity contribution in [3.63, 3.8) is 0 Å². The highest BCUT2D eigenvalue weighted by Crippen LogP contribution is 2.44. The first-order chi connectivity index (χ1) is 7.93. The van der Waals surface area contributed by atoms with Crippen molar-refractivity contribution >= 4 is 17.2 Å². The molecule has 4 rings (SSSR count). The Labute approximate surface area is 93.7 Å². The van der Waals surface area contributed by atoms with Crippen molar-refractivity contribution in [1.82, 2.24) is 4.98 Å². The first-order valence-corrected chi connectivity index (χ1v) is 5.52. The lowest BCUT2D eigenvalue weighted by molar-refractivity contribution is 0.801. The second kappa shape index (κ2) is 2.76. The van der Waals surface area contributed by atoms with Crippen LogP contribution in [-0.4, -0.2) is 11.1 Å². The molecule has 0 saturated carbocycles. The van der Waals surface area contributed by atoms with Crippen molar-refractivity contribution in [2.75, 3.05) is 10.2 Å². The summed E-state index contributed by atoms with van der Waals surface area (Å²) >= 11 is 0. The third-order valence-electron chi connectivity index (χ3n) is 3.31. The van der Waals surface area contributed by atoms with Gasteiger partial charge in [-0.15, -0.1) is 0 Å². The molecule has 3 heteroatoms. The minimum absolute atomic E-state index is 0.349. The highest BCUT2D eigenvalue weighted by Gasteiger charge is 2.37. The molecule has 3 nitrogen and oxygen atoms in total. The number of fused-ring (bicyclic) bond motifs is 5. The quantitative estimate of drug-likeness (QED) is 0.722. The number of aromatic nitrogens is 1. The molecule has 1 aromatic carbocycles. The first kappa shape index (κ1) is 8.16. The zero-order valence-corrected chi connectivity index (χ0v) is 8.72. The average Bonchev–Trinajstić information content (AvgIpc) is 2.83. The van der Waals surface area contributed by atoms with Gasteiger partial charge in [-0.05, 0) is 23.8 Å². The van der Waals surface area contributed by atoms with Crippen LogP contribution in [0.5, 0.6) is 0 Å². The number of anilines is 3. The highest BCUT2D eigenvalue weighted by atomic mass is 15.4. The Morgan fingerprint density at radius 1 is 1.19 bits per heavy atom.